The van der Waals surface area contributed by atoms with Gasteiger partial charge in [0, 0.05) is 21.2 Å². The third-order valence-corrected chi connectivity index (χ3v) is 3.44. The number of benzene rings is 2. The Kier molecular flexibility index (Phi) is 4.46. The van der Waals surface area contributed by atoms with Gasteiger partial charge in [0.1, 0.15) is 6.10 Å². The van der Waals surface area contributed by atoms with E-state index in [1.165, 1.54) is 18.2 Å². The average Bonchev–Trinajstić information content (AvgIpc) is 2.40. The van der Waals surface area contributed by atoms with E-state index in [1.54, 1.807) is 0 Å². The molecule has 0 amide bonds. The molecule has 0 heterocycles. The summed E-state index contributed by atoms with van der Waals surface area (Å²) in [7, 11) is 0. The van der Waals surface area contributed by atoms with Gasteiger partial charge < -0.3 is 10.2 Å². The van der Waals surface area contributed by atoms with Crippen molar-refractivity contribution in [1.82, 2.24) is 0 Å². The van der Waals surface area contributed by atoms with Gasteiger partial charge in [0.2, 0.25) is 0 Å². The van der Waals surface area contributed by atoms with Gasteiger partial charge in [-0.1, -0.05) is 29.3 Å². The number of rotatable bonds is 3. The Morgan fingerprint density at radius 1 is 1.05 bits per heavy atom. The molecule has 0 saturated heterocycles. The van der Waals surface area contributed by atoms with Crippen LogP contribution in [0.3, 0.4) is 0 Å². The third kappa shape index (κ3) is 3.15. The minimum absolute atomic E-state index is 0.0797. The van der Waals surface area contributed by atoms with E-state index in [9.17, 15) is 18.7 Å². The average molecular weight is 333 g/mol. The van der Waals surface area contributed by atoms with Crippen LogP contribution >= 0.6 is 23.2 Å². The Labute approximate surface area is 128 Å². The van der Waals surface area contributed by atoms with E-state index in [0.29, 0.717) is 17.2 Å². The van der Waals surface area contributed by atoms with Crippen LogP contribution in [0.4, 0.5) is 8.78 Å². The standard InChI is InChI=1S/C14H8Cl2F2O3/c15-6-1-2-7(10(16)3-6)13(19)8-4-11(17)12(18)5-9(8)14(20)21/h1-5,13,19H,(H,20,21). The van der Waals surface area contributed by atoms with E-state index in [4.69, 9.17) is 28.3 Å². The predicted octanol–water partition coefficient (Wildman–Crippen LogP) is 4.05. The lowest BCUT2D eigenvalue weighted by molar-refractivity contribution is 0.0690. The zero-order chi connectivity index (χ0) is 15.7. The first-order valence-electron chi connectivity index (χ1n) is 5.66. The maximum Gasteiger partial charge on any atom is 0.336 e. The van der Waals surface area contributed by atoms with Crippen molar-refractivity contribution < 1.29 is 23.8 Å². The highest BCUT2D eigenvalue weighted by atomic mass is 35.5. The predicted molar refractivity (Wildman–Crippen MR) is 73.8 cm³/mol. The fourth-order valence-electron chi connectivity index (χ4n) is 1.86. The minimum Gasteiger partial charge on any atom is -0.478 e. The Hall–Kier alpha value is -1.69. The summed E-state index contributed by atoms with van der Waals surface area (Å²) in [4.78, 5) is 11.1. The normalized spacial score (nSPS) is 12.2. The number of aliphatic hydroxyl groups is 1. The quantitative estimate of drug-likeness (QED) is 0.891. The summed E-state index contributed by atoms with van der Waals surface area (Å²) in [5.74, 6) is -4.07. The number of carboxylic acids is 1. The molecule has 0 bridgehead atoms. The van der Waals surface area contributed by atoms with Gasteiger partial charge in [-0.05, 0) is 24.3 Å². The van der Waals surface area contributed by atoms with Crippen molar-refractivity contribution in [3.63, 3.8) is 0 Å². The number of carboxylic acid groups (broad SMARTS) is 1. The molecule has 2 aromatic carbocycles. The first-order valence-corrected chi connectivity index (χ1v) is 6.42. The molecule has 1 atom stereocenters. The van der Waals surface area contributed by atoms with Gasteiger partial charge in [0.05, 0.1) is 5.56 Å². The van der Waals surface area contributed by atoms with E-state index in [-0.39, 0.29) is 16.1 Å². The highest BCUT2D eigenvalue weighted by molar-refractivity contribution is 6.35. The number of aromatic carboxylic acids is 1. The molecule has 2 N–H and O–H groups in total. The van der Waals surface area contributed by atoms with Crippen LogP contribution in [-0.2, 0) is 0 Å². The Bertz CT molecular complexity index is 720. The summed E-state index contributed by atoms with van der Waals surface area (Å²) in [6.45, 7) is 0. The molecular weight excluding hydrogens is 325 g/mol. The van der Waals surface area contributed by atoms with Crippen LogP contribution in [0.25, 0.3) is 0 Å². The molecule has 0 aliphatic rings. The second-order valence-electron chi connectivity index (χ2n) is 4.23. The molecule has 21 heavy (non-hydrogen) atoms. The third-order valence-electron chi connectivity index (χ3n) is 2.87. The zero-order valence-corrected chi connectivity index (χ0v) is 11.8. The van der Waals surface area contributed by atoms with Crippen molar-refractivity contribution in [2.75, 3.05) is 0 Å². The van der Waals surface area contributed by atoms with Gasteiger partial charge in [-0.2, -0.15) is 0 Å². The maximum atomic E-state index is 13.3. The molecule has 2 aromatic rings. The highest BCUT2D eigenvalue weighted by Crippen LogP contribution is 2.32. The molecule has 0 saturated carbocycles. The molecule has 7 heteroatoms. The number of halogens is 4. The summed E-state index contributed by atoms with van der Waals surface area (Å²) in [5.41, 5.74) is -0.715. The Morgan fingerprint density at radius 2 is 1.67 bits per heavy atom. The molecule has 0 aromatic heterocycles. The second kappa shape index (κ2) is 5.97. The fraction of sp³-hybridized carbons (Fsp3) is 0.0714. The van der Waals surface area contributed by atoms with Crippen LogP contribution in [-0.4, -0.2) is 16.2 Å². The van der Waals surface area contributed by atoms with Crippen molar-refractivity contribution in [3.8, 4) is 0 Å². The van der Waals surface area contributed by atoms with Crippen molar-refractivity contribution in [3.05, 3.63) is 68.7 Å². The van der Waals surface area contributed by atoms with Crippen molar-refractivity contribution >= 4 is 29.2 Å². The van der Waals surface area contributed by atoms with Gasteiger partial charge in [0.15, 0.2) is 11.6 Å². The van der Waals surface area contributed by atoms with Crippen LogP contribution in [0.2, 0.25) is 10.0 Å². The largest absolute Gasteiger partial charge is 0.478 e. The van der Waals surface area contributed by atoms with Gasteiger partial charge >= 0.3 is 5.97 Å². The number of hydrogen-bond acceptors (Lipinski definition) is 2. The Balaban J connectivity index is 2.59. The van der Waals surface area contributed by atoms with E-state index < -0.39 is 29.3 Å². The molecule has 0 aliphatic heterocycles. The van der Waals surface area contributed by atoms with Crippen LogP contribution in [0.15, 0.2) is 30.3 Å². The molecule has 0 fully saturated rings. The van der Waals surface area contributed by atoms with Gasteiger partial charge in [0.25, 0.3) is 0 Å². The molecular formula is C14H8Cl2F2O3. The molecule has 1 unspecified atom stereocenters. The van der Waals surface area contributed by atoms with Crippen LogP contribution in [0.1, 0.15) is 27.6 Å². The van der Waals surface area contributed by atoms with Crippen LogP contribution < -0.4 is 0 Å². The van der Waals surface area contributed by atoms with Gasteiger partial charge in [-0.3, -0.25) is 0 Å². The zero-order valence-electron chi connectivity index (χ0n) is 10.3. The number of carbonyl (C=O) groups is 1. The van der Waals surface area contributed by atoms with E-state index in [2.05, 4.69) is 0 Å². The lowest BCUT2D eigenvalue weighted by Gasteiger charge is -2.16. The summed E-state index contributed by atoms with van der Waals surface area (Å²) < 4.78 is 26.5. The Morgan fingerprint density at radius 3 is 2.24 bits per heavy atom. The van der Waals surface area contributed by atoms with Crippen molar-refractivity contribution in [2.45, 2.75) is 6.10 Å². The van der Waals surface area contributed by atoms with Gasteiger partial charge in [-0.25, -0.2) is 13.6 Å². The lowest BCUT2D eigenvalue weighted by Crippen LogP contribution is -2.10. The van der Waals surface area contributed by atoms with E-state index >= 15 is 0 Å². The molecule has 0 radical (unpaired) electrons. The minimum atomic E-state index is -1.53. The summed E-state index contributed by atoms with van der Waals surface area (Å²) in [5, 5.41) is 19.7. The first-order chi connectivity index (χ1) is 9.81. The molecule has 0 aliphatic carbocycles. The highest BCUT2D eigenvalue weighted by Gasteiger charge is 2.23. The van der Waals surface area contributed by atoms with Crippen LogP contribution in [0.5, 0.6) is 0 Å². The lowest BCUT2D eigenvalue weighted by atomic mass is 9.96. The molecule has 2 rings (SSSR count). The fourth-order valence-corrected chi connectivity index (χ4v) is 2.38. The summed E-state index contributed by atoms with van der Waals surface area (Å²) >= 11 is 11.6. The molecule has 3 nitrogen and oxygen atoms in total. The van der Waals surface area contributed by atoms with Crippen molar-refractivity contribution in [1.29, 1.82) is 0 Å². The number of hydrogen-bond donors (Lipinski definition) is 2. The monoisotopic (exact) mass is 332 g/mol. The number of aliphatic hydroxyl groups excluding tert-OH is 1. The van der Waals surface area contributed by atoms with Gasteiger partial charge in [-0.15, -0.1) is 0 Å². The topological polar surface area (TPSA) is 57.5 Å². The maximum absolute atomic E-state index is 13.3. The smallest absolute Gasteiger partial charge is 0.336 e. The summed E-state index contributed by atoms with van der Waals surface area (Å²) in [6, 6.07) is 5.31. The summed E-state index contributed by atoms with van der Waals surface area (Å²) in [6.07, 6.45) is -1.53. The van der Waals surface area contributed by atoms with Crippen LogP contribution in [0, 0.1) is 11.6 Å². The first kappa shape index (κ1) is 15.7. The SMILES string of the molecule is O=C(O)c1cc(F)c(F)cc1C(O)c1ccc(Cl)cc1Cl. The van der Waals surface area contributed by atoms with E-state index in [0.717, 1.165) is 0 Å². The van der Waals surface area contributed by atoms with Crippen molar-refractivity contribution in [2.24, 2.45) is 0 Å². The second-order valence-corrected chi connectivity index (χ2v) is 5.07. The van der Waals surface area contributed by atoms with E-state index in [1.807, 2.05) is 0 Å². The molecule has 0 spiro atoms. The molecule has 110 valence electrons.